The molecule has 0 heterocycles. The first-order valence-electron chi connectivity index (χ1n) is 6.20. The molecular formula is C14H19NO3. The average molecular weight is 249 g/mol. The van der Waals surface area contributed by atoms with Crippen molar-refractivity contribution in [3.8, 4) is 0 Å². The Hall–Kier alpha value is -1.39. The summed E-state index contributed by atoms with van der Waals surface area (Å²) >= 11 is 0. The summed E-state index contributed by atoms with van der Waals surface area (Å²) in [5.41, 5.74) is 0.427. The summed E-state index contributed by atoms with van der Waals surface area (Å²) in [6, 6.07) is 9.99. The molecule has 0 spiro atoms. The van der Waals surface area contributed by atoms with Crippen LogP contribution < -0.4 is 5.32 Å². The molecule has 4 nitrogen and oxygen atoms in total. The maximum atomic E-state index is 11.1. The van der Waals surface area contributed by atoms with Crippen LogP contribution in [0.2, 0.25) is 0 Å². The van der Waals surface area contributed by atoms with Gasteiger partial charge in [0.15, 0.2) is 0 Å². The van der Waals surface area contributed by atoms with Gasteiger partial charge in [0.1, 0.15) is 5.54 Å². The van der Waals surface area contributed by atoms with Gasteiger partial charge in [-0.05, 0) is 31.4 Å². The maximum Gasteiger partial charge on any atom is 0.323 e. The SMILES string of the molecule is CNC1(C(=O)O)CC(COCc2ccccc2)C1. The van der Waals surface area contributed by atoms with E-state index in [4.69, 9.17) is 9.84 Å². The number of rotatable bonds is 6. The Balaban J connectivity index is 1.70. The largest absolute Gasteiger partial charge is 0.480 e. The van der Waals surface area contributed by atoms with Crippen LogP contribution >= 0.6 is 0 Å². The molecule has 1 saturated carbocycles. The lowest BCUT2D eigenvalue weighted by atomic mass is 9.68. The first-order valence-corrected chi connectivity index (χ1v) is 6.20. The quantitative estimate of drug-likeness (QED) is 0.805. The van der Waals surface area contributed by atoms with Crippen molar-refractivity contribution in [2.45, 2.75) is 25.0 Å². The highest BCUT2D eigenvalue weighted by Gasteiger charge is 2.49. The van der Waals surface area contributed by atoms with Crippen molar-refractivity contribution < 1.29 is 14.6 Å². The fourth-order valence-corrected chi connectivity index (χ4v) is 2.45. The second kappa shape index (κ2) is 5.50. The van der Waals surface area contributed by atoms with Crippen LogP contribution in [0.4, 0.5) is 0 Å². The zero-order valence-corrected chi connectivity index (χ0v) is 10.6. The molecule has 0 unspecified atom stereocenters. The highest BCUT2D eigenvalue weighted by molar-refractivity contribution is 5.80. The van der Waals surface area contributed by atoms with Crippen molar-refractivity contribution in [2.75, 3.05) is 13.7 Å². The molecule has 0 aromatic heterocycles. The van der Waals surface area contributed by atoms with E-state index in [2.05, 4.69) is 5.32 Å². The first-order chi connectivity index (χ1) is 8.66. The van der Waals surface area contributed by atoms with E-state index < -0.39 is 11.5 Å². The van der Waals surface area contributed by atoms with Crippen LogP contribution in [-0.4, -0.2) is 30.3 Å². The Morgan fingerprint density at radius 3 is 2.67 bits per heavy atom. The van der Waals surface area contributed by atoms with E-state index >= 15 is 0 Å². The summed E-state index contributed by atoms with van der Waals surface area (Å²) in [5, 5.41) is 12.0. The van der Waals surface area contributed by atoms with E-state index in [1.807, 2.05) is 30.3 Å². The van der Waals surface area contributed by atoms with Crippen LogP contribution in [0.25, 0.3) is 0 Å². The van der Waals surface area contributed by atoms with E-state index in [0.717, 1.165) is 5.56 Å². The second-order valence-corrected chi connectivity index (χ2v) is 4.91. The Bertz CT molecular complexity index is 399. The number of ether oxygens (including phenoxy) is 1. The summed E-state index contributed by atoms with van der Waals surface area (Å²) < 4.78 is 5.62. The van der Waals surface area contributed by atoms with Crippen LogP contribution in [-0.2, 0) is 16.1 Å². The summed E-state index contributed by atoms with van der Waals surface area (Å²) in [7, 11) is 1.70. The molecule has 1 aromatic rings. The highest BCUT2D eigenvalue weighted by atomic mass is 16.5. The number of aliphatic carboxylic acids is 1. The molecule has 0 amide bonds. The number of nitrogens with one attached hydrogen (secondary N) is 1. The molecule has 0 saturated heterocycles. The normalized spacial score (nSPS) is 26.6. The van der Waals surface area contributed by atoms with Crippen molar-refractivity contribution in [1.29, 1.82) is 0 Å². The van der Waals surface area contributed by atoms with Gasteiger partial charge in [0, 0.05) is 0 Å². The molecule has 4 heteroatoms. The summed E-state index contributed by atoms with van der Waals surface area (Å²) in [4.78, 5) is 11.1. The van der Waals surface area contributed by atoms with Crippen molar-refractivity contribution in [3.05, 3.63) is 35.9 Å². The van der Waals surface area contributed by atoms with Crippen molar-refractivity contribution in [3.63, 3.8) is 0 Å². The monoisotopic (exact) mass is 249 g/mol. The van der Waals surface area contributed by atoms with Crippen LogP contribution in [0.5, 0.6) is 0 Å². The highest BCUT2D eigenvalue weighted by Crippen LogP contribution is 2.38. The lowest BCUT2D eigenvalue weighted by Crippen LogP contribution is -2.60. The Morgan fingerprint density at radius 2 is 2.11 bits per heavy atom. The van der Waals surface area contributed by atoms with E-state index in [1.54, 1.807) is 7.05 Å². The minimum absolute atomic E-state index is 0.345. The van der Waals surface area contributed by atoms with Gasteiger partial charge < -0.3 is 15.2 Å². The smallest absolute Gasteiger partial charge is 0.323 e. The number of carbonyl (C=O) groups is 1. The molecule has 1 aromatic carbocycles. The van der Waals surface area contributed by atoms with E-state index in [0.29, 0.717) is 32.0 Å². The van der Waals surface area contributed by atoms with Gasteiger partial charge >= 0.3 is 5.97 Å². The van der Waals surface area contributed by atoms with Crippen molar-refractivity contribution >= 4 is 5.97 Å². The molecule has 18 heavy (non-hydrogen) atoms. The summed E-state index contributed by atoms with van der Waals surface area (Å²) in [6.07, 6.45) is 1.29. The standard InChI is InChI=1S/C14H19NO3/c1-15-14(13(16)17)7-12(8-14)10-18-9-11-5-3-2-4-6-11/h2-6,12,15H,7-10H2,1H3,(H,16,17). The molecule has 0 aliphatic heterocycles. The van der Waals surface area contributed by atoms with Crippen LogP contribution in [0.3, 0.4) is 0 Å². The number of carboxylic acids is 1. The van der Waals surface area contributed by atoms with E-state index in [1.165, 1.54) is 0 Å². The Morgan fingerprint density at radius 1 is 1.44 bits per heavy atom. The molecule has 0 atom stereocenters. The maximum absolute atomic E-state index is 11.1. The molecular weight excluding hydrogens is 230 g/mol. The van der Waals surface area contributed by atoms with E-state index in [-0.39, 0.29) is 0 Å². The average Bonchev–Trinajstić information content (AvgIpc) is 2.33. The predicted molar refractivity (Wildman–Crippen MR) is 68.2 cm³/mol. The third-order valence-corrected chi connectivity index (χ3v) is 3.63. The lowest BCUT2D eigenvalue weighted by Gasteiger charge is -2.44. The van der Waals surface area contributed by atoms with Crippen LogP contribution in [0.15, 0.2) is 30.3 Å². The van der Waals surface area contributed by atoms with Gasteiger partial charge in [0.05, 0.1) is 13.2 Å². The summed E-state index contributed by atoms with van der Waals surface area (Å²) in [5.74, 6) is -0.415. The number of carboxylic acid groups (broad SMARTS) is 1. The van der Waals surface area contributed by atoms with Crippen LogP contribution in [0.1, 0.15) is 18.4 Å². The minimum atomic E-state index is -0.760. The molecule has 2 rings (SSSR count). The molecule has 98 valence electrons. The fourth-order valence-electron chi connectivity index (χ4n) is 2.45. The minimum Gasteiger partial charge on any atom is -0.480 e. The zero-order valence-electron chi connectivity index (χ0n) is 10.6. The Kier molecular flexibility index (Phi) is 3.99. The Labute approximate surface area is 107 Å². The third kappa shape index (κ3) is 2.71. The number of likely N-dealkylation sites (N-methyl/N-ethyl adjacent to an activating group) is 1. The molecule has 0 radical (unpaired) electrons. The molecule has 1 aliphatic carbocycles. The third-order valence-electron chi connectivity index (χ3n) is 3.63. The van der Waals surface area contributed by atoms with Gasteiger partial charge in [-0.3, -0.25) is 4.79 Å². The second-order valence-electron chi connectivity index (χ2n) is 4.91. The van der Waals surface area contributed by atoms with Gasteiger partial charge in [0.2, 0.25) is 0 Å². The molecule has 0 bridgehead atoms. The topological polar surface area (TPSA) is 58.6 Å². The molecule has 1 fully saturated rings. The number of hydrogen-bond donors (Lipinski definition) is 2. The first kappa shape index (κ1) is 13.1. The lowest BCUT2D eigenvalue weighted by molar-refractivity contribution is -0.152. The fraction of sp³-hybridized carbons (Fsp3) is 0.500. The van der Waals surface area contributed by atoms with Gasteiger partial charge in [-0.25, -0.2) is 0 Å². The van der Waals surface area contributed by atoms with Gasteiger partial charge in [-0.2, -0.15) is 0 Å². The van der Waals surface area contributed by atoms with Gasteiger partial charge in [-0.1, -0.05) is 30.3 Å². The summed E-state index contributed by atoms with van der Waals surface area (Å²) in [6.45, 7) is 1.22. The van der Waals surface area contributed by atoms with Crippen LogP contribution in [0, 0.1) is 5.92 Å². The number of hydrogen-bond acceptors (Lipinski definition) is 3. The van der Waals surface area contributed by atoms with Gasteiger partial charge in [-0.15, -0.1) is 0 Å². The molecule has 2 N–H and O–H groups in total. The molecule has 1 aliphatic rings. The van der Waals surface area contributed by atoms with E-state index in [9.17, 15) is 4.79 Å². The van der Waals surface area contributed by atoms with Crippen molar-refractivity contribution in [1.82, 2.24) is 5.32 Å². The van der Waals surface area contributed by atoms with Gasteiger partial charge in [0.25, 0.3) is 0 Å². The predicted octanol–water partition coefficient (Wildman–Crippen LogP) is 1.66. The zero-order chi connectivity index (χ0) is 13.0. The number of benzene rings is 1. The van der Waals surface area contributed by atoms with Crippen molar-refractivity contribution in [2.24, 2.45) is 5.92 Å².